The lowest BCUT2D eigenvalue weighted by molar-refractivity contribution is 0.539. The Labute approximate surface area is 102 Å². The summed E-state index contributed by atoms with van der Waals surface area (Å²) in [5, 5.41) is 0. The third kappa shape index (κ3) is 3.22. The van der Waals surface area contributed by atoms with Gasteiger partial charge >= 0.3 is 0 Å². The van der Waals surface area contributed by atoms with Gasteiger partial charge in [-0.1, -0.05) is 5.92 Å². The Morgan fingerprint density at radius 2 is 2.00 bits per heavy atom. The van der Waals surface area contributed by atoms with Crippen molar-refractivity contribution >= 4 is 15.7 Å². The van der Waals surface area contributed by atoms with Crippen LogP contribution in [0.4, 0.5) is 5.69 Å². The predicted molar refractivity (Wildman–Crippen MR) is 68.8 cm³/mol. The van der Waals surface area contributed by atoms with Crippen LogP contribution in [0, 0.1) is 19.3 Å². The molecule has 0 heterocycles. The van der Waals surface area contributed by atoms with Crippen molar-refractivity contribution in [2.24, 2.45) is 0 Å². The lowest BCUT2D eigenvalue weighted by Crippen LogP contribution is -2.41. The fourth-order valence-corrected chi connectivity index (χ4v) is 2.67. The molecule has 0 bridgehead atoms. The molecule has 0 unspecified atom stereocenters. The van der Waals surface area contributed by atoms with E-state index in [2.05, 4.69) is 10.6 Å². The highest BCUT2D eigenvalue weighted by molar-refractivity contribution is 7.89. The Kier molecular flexibility index (Phi) is 3.51. The number of sulfonamides is 1. The number of aryl methyl sites for hydroxylation is 1. The van der Waals surface area contributed by atoms with E-state index >= 15 is 0 Å². The molecule has 5 heteroatoms. The molecule has 0 amide bonds. The third-order valence-electron chi connectivity index (χ3n) is 2.30. The fraction of sp³-hybridized carbons (Fsp3) is 0.333. The number of hydrogen-bond donors (Lipinski definition) is 2. The Morgan fingerprint density at radius 1 is 1.41 bits per heavy atom. The number of nitrogen functional groups attached to an aromatic ring is 1. The zero-order valence-electron chi connectivity index (χ0n) is 10.1. The number of terminal acetylenes is 1. The van der Waals surface area contributed by atoms with Crippen LogP contribution in [0.2, 0.25) is 0 Å². The van der Waals surface area contributed by atoms with E-state index in [0.717, 1.165) is 0 Å². The van der Waals surface area contributed by atoms with Crippen molar-refractivity contribution < 1.29 is 8.42 Å². The van der Waals surface area contributed by atoms with Crippen molar-refractivity contribution in [3.63, 3.8) is 0 Å². The van der Waals surface area contributed by atoms with E-state index in [-0.39, 0.29) is 4.90 Å². The van der Waals surface area contributed by atoms with Gasteiger partial charge in [0.1, 0.15) is 0 Å². The minimum atomic E-state index is -3.62. The van der Waals surface area contributed by atoms with Gasteiger partial charge in [0, 0.05) is 5.69 Å². The van der Waals surface area contributed by atoms with E-state index in [0.29, 0.717) is 11.3 Å². The normalized spacial score (nSPS) is 12.1. The van der Waals surface area contributed by atoms with E-state index in [1.54, 1.807) is 26.8 Å². The molecule has 0 aromatic heterocycles. The van der Waals surface area contributed by atoms with Crippen LogP contribution in [-0.4, -0.2) is 14.0 Å². The molecule has 0 atom stereocenters. The van der Waals surface area contributed by atoms with Gasteiger partial charge in [-0.05, 0) is 44.5 Å². The smallest absolute Gasteiger partial charge is 0.241 e. The average molecular weight is 252 g/mol. The Morgan fingerprint density at radius 3 is 2.47 bits per heavy atom. The van der Waals surface area contributed by atoms with Crippen molar-refractivity contribution in [2.45, 2.75) is 31.2 Å². The zero-order valence-corrected chi connectivity index (χ0v) is 10.9. The molecule has 17 heavy (non-hydrogen) atoms. The SMILES string of the molecule is C#CC(C)(C)NS(=O)(=O)c1ccc(N)c(C)c1. The minimum absolute atomic E-state index is 0.160. The van der Waals surface area contributed by atoms with Gasteiger partial charge in [0.05, 0.1) is 10.4 Å². The first kappa shape index (κ1) is 13.6. The van der Waals surface area contributed by atoms with Gasteiger partial charge < -0.3 is 5.73 Å². The second-order valence-corrected chi connectivity index (χ2v) is 6.08. The lowest BCUT2D eigenvalue weighted by Gasteiger charge is -2.19. The van der Waals surface area contributed by atoms with E-state index in [1.165, 1.54) is 12.1 Å². The highest BCUT2D eigenvalue weighted by Crippen LogP contribution is 2.18. The maximum Gasteiger partial charge on any atom is 0.241 e. The number of rotatable bonds is 3. The summed E-state index contributed by atoms with van der Waals surface area (Å²) in [4.78, 5) is 0.160. The summed E-state index contributed by atoms with van der Waals surface area (Å²) in [6.07, 6.45) is 5.25. The summed E-state index contributed by atoms with van der Waals surface area (Å²) >= 11 is 0. The van der Waals surface area contributed by atoms with Gasteiger partial charge in [0.25, 0.3) is 0 Å². The van der Waals surface area contributed by atoms with Crippen LogP contribution in [0.15, 0.2) is 23.1 Å². The molecule has 1 rings (SSSR count). The molecule has 0 radical (unpaired) electrons. The Bertz CT molecular complexity index is 569. The Balaban J connectivity index is 3.16. The lowest BCUT2D eigenvalue weighted by atomic mass is 10.1. The van der Waals surface area contributed by atoms with Crippen molar-refractivity contribution in [2.75, 3.05) is 5.73 Å². The summed E-state index contributed by atoms with van der Waals surface area (Å²) in [6, 6.07) is 4.54. The maximum atomic E-state index is 12.0. The molecule has 0 aliphatic carbocycles. The van der Waals surface area contributed by atoms with Crippen LogP contribution in [0.5, 0.6) is 0 Å². The second-order valence-electron chi connectivity index (χ2n) is 4.39. The van der Waals surface area contributed by atoms with Crippen molar-refractivity contribution in [1.82, 2.24) is 4.72 Å². The topological polar surface area (TPSA) is 72.2 Å². The number of hydrogen-bond acceptors (Lipinski definition) is 3. The molecular formula is C12H16N2O2S. The number of benzene rings is 1. The van der Waals surface area contributed by atoms with E-state index in [9.17, 15) is 8.42 Å². The molecule has 1 aromatic carbocycles. The predicted octanol–water partition coefficient (Wildman–Crippen LogP) is 1.27. The molecule has 0 aliphatic rings. The van der Waals surface area contributed by atoms with Gasteiger partial charge in [0.15, 0.2) is 0 Å². The van der Waals surface area contributed by atoms with Crippen LogP contribution in [0.25, 0.3) is 0 Å². The first-order valence-corrected chi connectivity index (χ1v) is 6.54. The molecule has 0 saturated carbocycles. The summed E-state index contributed by atoms with van der Waals surface area (Å²) in [5.74, 6) is 2.38. The zero-order chi connectivity index (χ0) is 13.3. The van der Waals surface area contributed by atoms with Gasteiger partial charge in [-0.3, -0.25) is 0 Å². The molecule has 4 nitrogen and oxygen atoms in total. The average Bonchev–Trinajstić information content (AvgIpc) is 2.20. The summed E-state index contributed by atoms with van der Waals surface area (Å²) < 4.78 is 26.5. The quantitative estimate of drug-likeness (QED) is 0.628. The second kappa shape index (κ2) is 4.40. The molecule has 0 aliphatic heterocycles. The van der Waals surface area contributed by atoms with E-state index in [4.69, 9.17) is 12.2 Å². The van der Waals surface area contributed by atoms with Gasteiger partial charge in [-0.15, -0.1) is 6.42 Å². The third-order valence-corrected chi connectivity index (χ3v) is 3.96. The fourth-order valence-electron chi connectivity index (χ4n) is 1.24. The molecular weight excluding hydrogens is 236 g/mol. The van der Waals surface area contributed by atoms with Crippen molar-refractivity contribution in [3.8, 4) is 12.3 Å². The highest BCUT2D eigenvalue weighted by atomic mass is 32.2. The van der Waals surface area contributed by atoms with E-state index < -0.39 is 15.6 Å². The van der Waals surface area contributed by atoms with Crippen LogP contribution < -0.4 is 10.5 Å². The summed E-state index contributed by atoms with van der Waals surface area (Å²) in [7, 11) is -3.62. The van der Waals surface area contributed by atoms with Crippen LogP contribution in [-0.2, 0) is 10.0 Å². The van der Waals surface area contributed by atoms with Crippen molar-refractivity contribution in [3.05, 3.63) is 23.8 Å². The number of anilines is 1. The first-order chi connectivity index (χ1) is 7.68. The molecule has 0 saturated heterocycles. The Hall–Kier alpha value is -1.51. The summed E-state index contributed by atoms with van der Waals surface area (Å²) in [5.41, 5.74) is 5.99. The molecule has 0 spiro atoms. The van der Waals surface area contributed by atoms with Gasteiger partial charge in [-0.2, -0.15) is 4.72 Å². The molecule has 1 aromatic rings. The highest BCUT2D eigenvalue weighted by Gasteiger charge is 2.24. The molecule has 92 valence electrons. The summed E-state index contributed by atoms with van der Waals surface area (Å²) in [6.45, 7) is 4.99. The van der Waals surface area contributed by atoms with Gasteiger partial charge in [-0.25, -0.2) is 8.42 Å². The monoisotopic (exact) mass is 252 g/mol. The van der Waals surface area contributed by atoms with Crippen LogP contribution in [0.3, 0.4) is 0 Å². The molecule has 0 fully saturated rings. The van der Waals surface area contributed by atoms with Crippen LogP contribution >= 0.6 is 0 Å². The first-order valence-electron chi connectivity index (χ1n) is 5.06. The van der Waals surface area contributed by atoms with Crippen molar-refractivity contribution in [1.29, 1.82) is 0 Å². The molecule has 3 N–H and O–H groups in total. The number of nitrogens with one attached hydrogen (secondary N) is 1. The largest absolute Gasteiger partial charge is 0.399 e. The standard InChI is InChI=1S/C12H16N2O2S/c1-5-12(3,4)14-17(15,16)10-6-7-11(13)9(2)8-10/h1,6-8,14H,13H2,2-4H3. The minimum Gasteiger partial charge on any atom is -0.399 e. The number of nitrogens with two attached hydrogens (primary N) is 1. The van der Waals surface area contributed by atoms with E-state index in [1.807, 2.05) is 0 Å². The van der Waals surface area contributed by atoms with Crippen LogP contribution in [0.1, 0.15) is 19.4 Å². The maximum absolute atomic E-state index is 12.0. The van der Waals surface area contributed by atoms with Gasteiger partial charge in [0.2, 0.25) is 10.0 Å².